The lowest BCUT2D eigenvalue weighted by molar-refractivity contribution is 0.0389. The second-order valence-corrected chi connectivity index (χ2v) is 7.26. The standard InChI is InChI=1S/C22H32N4O3/c1-18-4-2-5-19(16-18)21(27)17-25-22(23-8-7-20-6-3-13-29-20)24-9-10-26-11-14-28-15-12-26/h2-6,13,16,21,27H,7-12,14-15,17H2,1H3,(H2,23,24,25). The molecule has 1 saturated heterocycles. The molecular formula is C22H32N4O3. The van der Waals surface area contributed by atoms with Gasteiger partial charge in [0.25, 0.3) is 0 Å². The van der Waals surface area contributed by atoms with E-state index >= 15 is 0 Å². The lowest BCUT2D eigenvalue weighted by Gasteiger charge is -2.26. The molecule has 2 heterocycles. The fraction of sp³-hybridized carbons (Fsp3) is 0.500. The Balaban J connectivity index is 1.52. The summed E-state index contributed by atoms with van der Waals surface area (Å²) < 4.78 is 10.8. The number of morpholine rings is 1. The average molecular weight is 401 g/mol. The SMILES string of the molecule is Cc1cccc(C(O)CN=C(NCCc2ccco2)NCCN2CCOCC2)c1. The highest BCUT2D eigenvalue weighted by Gasteiger charge is 2.11. The fourth-order valence-electron chi connectivity index (χ4n) is 3.25. The van der Waals surface area contributed by atoms with Crippen molar-refractivity contribution in [3.05, 3.63) is 59.5 Å². The number of hydrogen-bond donors (Lipinski definition) is 3. The second-order valence-electron chi connectivity index (χ2n) is 7.26. The molecule has 0 saturated carbocycles. The molecule has 1 aliphatic rings. The first-order valence-electron chi connectivity index (χ1n) is 10.3. The predicted molar refractivity (Wildman–Crippen MR) is 114 cm³/mol. The Labute approximate surface area is 172 Å². The van der Waals surface area contributed by atoms with Gasteiger partial charge in [-0.25, -0.2) is 0 Å². The van der Waals surface area contributed by atoms with E-state index in [1.54, 1.807) is 6.26 Å². The zero-order valence-electron chi connectivity index (χ0n) is 17.1. The zero-order valence-corrected chi connectivity index (χ0v) is 17.1. The van der Waals surface area contributed by atoms with Crippen molar-refractivity contribution in [2.75, 3.05) is 52.5 Å². The second kappa shape index (κ2) is 11.6. The third kappa shape index (κ3) is 7.53. The first-order valence-corrected chi connectivity index (χ1v) is 10.3. The van der Waals surface area contributed by atoms with Crippen molar-refractivity contribution in [2.45, 2.75) is 19.4 Å². The van der Waals surface area contributed by atoms with Gasteiger partial charge in [-0.3, -0.25) is 9.89 Å². The van der Waals surface area contributed by atoms with E-state index in [0.29, 0.717) is 19.0 Å². The van der Waals surface area contributed by atoms with Gasteiger partial charge in [0.05, 0.1) is 32.1 Å². The molecule has 0 radical (unpaired) electrons. The van der Waals surface area contributed by atoms with Crippen LogP contribution in [0.4, 0.5) is 0 Å². The Kier molecular flexibility index (Phi) is 8.55. The molecule has 1 fully saturated rings. The number of guanidine groups is 1. The van der Waals surface area contributed by atoms with E-state index in [0.717, 1.165) is 62.7 Å². The molecule has 0 amide bonds. The summed E-state index contributed by atoms with van der Waals surface area (Å²) in [6, 6.07) is 11.8. The smallest absolute Gasteiger partial charge is 0.191 e. The fourth-order valence-corrected chi connectivity index (χ4v) is 3.25. The monoisotopic (exact) mass is 400 g/mol. The van der Waals surface area contributed by atoms with E-state index in [2.05, 4.69) is 20.5 Å². The van der Waals surface area contributed by atoms with Crippen LogP contribution in [0.25, 0.3) is 0 Å². The van der Waals surface area contributed by atoms with Crippen LogP contribution in [0.3, 0.4) is 0 Å². The van der Waals surface area contributed by atoms with Crippen LogP contribution in [0, 0.1) is 6.92 Å². The maximum absolute atomic E-state index is 10.5. The number of furan rings is 1. The van der Waals surface area contributed by atoms with Gasteiger partial charge in [-0.1, -0.05) is 29.8 Å². The van der Waals surface area contributed by atoms with Gasteiger partial charge in [-0.2, -0.15) is 0 Å². The molecule has 7 heteroatoms. The summed E-state index contributed by atoms with van der Waals surface area (Å²) >= 11 is 0. The molecule has 0 spiro atoms. The van der Waals surface area contributed by atoms with E-state index in [1.165, 1.54) is 0 Å². The average Bonchev–Trinajstić information content (AvgIpc) is 3.25. The Morgan fingerprint density at radius 1 is 1.17 bits per heavy atom. The molecule has 1 atom stereocenters. The third-order valence-electron chi connectivity index (χ3n) is 4.92. The minimum Gasteiger partial charge on any atom is -0.469 e. The lowest BCUT2D eigenvalue weighted by atomic mass is 10.1. The zero-order chi connectivity index (χ0) is 20.3. The van der Waals surface area contributed by atoms with Crippen LogP contribution in [-0.4, -0.2) is 68.4 Å². The Bertz CT molecular complexity index is 742. The van der Waals surface area contributed by atoms with Crippen LogP contribution >= 0.6 is 0 Å². The largest absolute Gasteiger partial charge is 0.469 e. The Hall–Kier alpha value is -2.35. The summed E-state index contributed by atoms with van der Waals surface area (Å²) in [4.78, 5) is 6.98. The van der Waals surface area contributed by atoms with Gasteiger partial charge in [0, 0.05) is 39.1 Å². The normalized spacial score (nSPS) is 16.6. The van der Waals surface area contributed by atoms with Gasteiger partial charge in [0.2, 0.25) is 0 Å². The molecule has 29 heavy (non-hydrogen) atoms. The third-order valence-corrected chi connectivity index (χ3v) is 4.92. The van der Waals surface area contributed by atoms with Gasteiger partial charge in [-0.05, 0) is 24.6 Å². The number of nitrogens with one attached hydrogen (secondary N) is 2. The molecule has 1 aromatic heterocycles. The van der Waals surface area contributed by atoms with E-state index < -0.39 is 6.10 Å². The van der Waals surface area contributed by atoms with Gasteiger partial charge < -0.3 is 24.9 Å². The number of aliphatic hydroxyl groups is 1. The first-order chi connectivity index (χ1) is 14.2. The summed E-state index contributed by atoms with van der Waals surface area (Å²) in [6.07, 6.45) is 1.83. The molecule has 3 rings (SSSR count). The van der Waals surface area contributed by atoms with Crippen molar-refractivity contribution in [2.24, 2.45) is 4.99 Å². The number of aliphatic hydroxyl groups excluding tert-OH is 1. The number of hydrogen-bond acceptors (Lipinski definition) is 5. The summed E-state index contributed by atoms with van der Waals surface area (Å²) in [5.41, 5.74) is 2.02. The quantitative estimate of drug-likeness (QED) is 0.439. The molecule has 3 N–H and O–H groups in total. The van der Waals surface area contributed by atoms with Crippen LogP contribution in [0.5, 0.6) is 0 Å². The Morgan fingerprint density at radius 3 is 2.76 bits per heavy atom. The minimum absolute atomic E-state index is 0.303. The topological polar surface area (TPSA) is 82.3 Å². The maximum atomic E-state index is 10.5. The van der Waals surface area contributed by atoms with Crippen molar-refractivity contribution in [1.29, 1.82) is 0 Å². The number of rotatable bonds is 9. The molecule has 0 aliphatic carbocycles. The highest BCUT2D eigenvalue weighted by atomic mass is 16.5. The van der Waals surface area contributed by atoms with Gasteiger partial charge in [0.1, 0.15) is 5.76 Å². The number of ether oxygens (including phenoxy) is 1. The number of aryl methyl sites for hydroxylation is 1. The van der Waals surface area contributed by atoms with Crippen molar-refractivity contribution < 1.29 is 14.3 Å². The number of nitrogens with zero attached hydrogens (tertiary/aromatic N) is 2. The first kappa shape index (κ1) is 21.4. The van der Waals surface area contributed by atoms with E-state index in [9.17, 15) is 5.11 Å². The number of aliphatic imine (C=N–C) groups is 1. The van der Waals surface area contributed by atoms with Crippen molar-refractivity contribution in [3.63, 3.8) is 0 Å². The molecular weight excluding hydrogens is 368 g/mol. The molecule has 0 bridgehead atoms. The van der Waals surface area contributed by atoms with E-state index in [4.69, 9.17) is 9.15 Å². The maximum Gasteiger partial charge on any atom is 0.191 e. The van der Waals surface area contributed by atoms with E-state index in [-0.39, 0.29) is 0 Å². The van der Waals surface area contributed by atoms with Crippen molar-refractivity contribution in [1.82, 2.24) is 15.5 Å². The summed E-state index contributed by atoms with van der Waals surface area (Å²) in [6.45, 7) is 8.27. The van der Waals surface area contributed by atoms with Gasteiger partial charge >= 0.3 is 0 Å². The van der Waals surface area contributed by atoms with Crippen LogP contribution in [0.2, 0.25) is 0 Å². The highest BCUT2D eigenvalue weighted by molar-refractivity contribution is 5.79. The summed E-state index contributed by atoms with van der Waals surface area (Å²) in [5, 5.41) is 17.2. The predicted octanol–water partition coefficient (Wildman–Crippen LogP) is 1.73. The number of benzene rings is 1. The minimum atomic E-state index is -0.627. The lowest BCUT2D eigenvalue weighted by Crippen LogP contribution is -2.45. The molecule has 1 unspecified atom stereocenters. The van der Waals surface area contributed by atoms with Crippen LogP contribution in [0.15, 0.2) is 52.1 Å². The Morgan fingerprint density at radius 2 is 2.00 bits per heavy atom. The highest BCUT2D eigenvalue weighted by Crippen LogP contribution is 2.14. The molecule has 2 aromatic rings. The van der Waals surface area contributed by atoms with Crippen molar-refractivity contribution in [3.8, 4) is 0 Å². The summed E-state index contributed by atoms with van der Waals surface area (Å²) in [5.74, 6) is 1.64. The molecule has 158 valence electrons. The van der Waals surface area contributed by atoms with Crippen molar-refractivity contribution >= 4 is 5.96 Å². The molecule has 7 nitrogen and oxygen atoms in total. The molecule has 1 aromatic carbocycles. The van der Waals surface area contributed by atoms with Crippen LogP contribution in [-0.2, 0) is 11.2 Å². The van der Waals surface area contributed by atoms with Gasteiger partial charge in [0.15, 0.2) is 5.96 Å². The van der Waals surface area contributed by atoms with E-state index in [1.807, 2.05) is 43.3 Å². The van der Waals surface area contributed by atoms with Crippen LogP contribution < -0.4 is 10.6 Å². The summed E-state index contributed by atoms with van der Waals surface area (Å²) in [7, 11) is 0. The molecule has 1 aliphatic heterocycles. The van der Waals surface area contributed by atoms with Gasteiger partial charge in [-0.15, -0.1) is 0 Å². The van der Waals surface area contributed by atoms with Crippen LogP contribution in [0.1, 0.15) is 23.0 Å².